The van der Waals surface area contributed by atoms with Crippen LogP contribution in [0.2, 0.25) is 0 Å². The molecule has 0 fully saturated rings. The number of rotatable bonds is 6. The first kappa shape index (κ1) is 14.1. The number of hydrogen-bond donors (Lipinski definition) is 1. The molecule has 0 spiro atoms. The molecule has 1 N–H and O–H groups in total. The van der Waals surface area contributed by atoms with Crippen molar-refractivity contribution in [1.82, 2.24) is 4.90 Å². The van der Waals surface area contributed by atoms with Crippen molar-refractivity contribution < 1.29 is 14.6 Å². The van der Waals surface area contributed by atoms with Crippen LogP contribution in [0.5, 0.6) is 0 Å². The normalized spacial score (nSPS) is 14.1. The van der Waals surface area contributed by atoms with Crippen molar-refractivity contribution in [2.45, 2.75) is 26.3 Å². The second-order valence-electron chi connectivity index (χ2n) is 3.55. The molecule has 0 saturated carbocycles. The summed E-state index contributed by atoms with van der Waals surface area (Å²) in [4.78, 5) is 13.2. The number of ether oxygens (including phenoxy) is 1. The van der Waals surface area contributed by atoms with Gasteiger partial charge in [0.05, 0.1) is 13.7 Å². The smallest absolute Gasteiger partial charge is 0.333 e. The van der Waals surface area contributed by atoms with E-state index < -0.39 is 0 Å². The molecule has 0 aliphatic carbocycles. The number of carbonyl (C=O) groups excluding carboxylic acids is 1. The van der Waals surface area contributed by atoms with Crippen LogP contribution >= 0.6 is 0 Å². The number of methoxy groups -OCH3 is 1. The van der Waals surface area contributed by atoms with Crippen LogP contribution in [0.3, 0.4) is 0 Å². The van der Waals surface area contributed by atoms with Crippen LogP contribution in [0.1, 0.15) is 20.3 Å². The average molecular weight is 215 g/mol. The summed E-state index contributed by atoms with van der Waals surface area (Å²) in [5.41, 5.74) is 0.675. The summed E-state index contributed by atoms with van der Waals surface area (Å²) in [7, 11) is 3.29. The predicted octanol–water partition coefficient (Wildman–Crippen LogP) is 0.808. The molecule has 88 valence electrons. The van der Waals surface area contributed by atoms with Gasteiger partial charge in [0.1, 0.15) is 0 Å². The first-order valence-electron chi connectivity index (χ1n) is 5.15. The van der Waals surface area contributed by atoms with Crippen molar-refractivity contribution in [1.29, 1.82) is 0 Å². The Bertz CT molecular complexity index is 226. The van der Waals surface area contributed by atoms with E-state index in [4.69, 9.17) is 5.11 Å². The van der Waals surface area contributed by atoms with Crippen LogP contribution in [0.15, 0.2) is 11.6 Å². The molecule has 0 rings (SSSR count). The Morgan fingerprint density at radius 2 is 2.20 bits per heavy atom. The Kier molecular flexibility index (Phi) is 6.99. The topological polar surface area (TPSA) is 49.8 Å². The van der Waals surface area contributed by atoms with Gasteiger partial charge < -0.3 is 9.84 Å². The van der Waals surface area contributed by atoms with Gasteiger partial charge in [0.25, 0.3) is 0 Å². The molecule has 0 aromatic rings. The fraction of sp³-hybridized carbons (Fsp3) is 0.727. The number of hydrogen-bond acceptors (Lipinski definition) is 4. The zero-order chi connectivity index (χ0) is 11.8. The van der Waals surface area contributed by atoms with Crippen molar-refractivity contribution in [2.24, 2.45) is 0 Å². The highest BCUT2D eigenvalue weighted by Crippen LogP contribution is 2.04. The molecule has 1 unspecified atom stereocenters. The molecule has 0 amide bonds. The van der Waals surface area contributed by atoms with Gasteiger partial charge in [-0.3, -0.25) is 4.90 Å². The molecule has 0 radical (unpaired) electrons. The second-order valence-corrected chi connectivity index (χ2v) is 3.55. The summed E-state index contributed by atoms with van der Waals surface area (Å²) < 4.78 is 4.65. The fourth-order valence-corrected chi connectivity index (χ4v) is 1.08. The predicted molar refractivity (Wildman–Crippen MR) is 59.6 cm³/mol. The van der Waals surface area contributed by atoms with E-state index in [-0.39, 0.29) is 18.6 Å². The van der Waals surface area contributed by atoms with Gasteiger partial charge in [-0.2, -0.15) is 0 Å². The molecule has 0 aromatic carbocycles. The maximum Gasteiger partial charge on any atom is 0.333 e. The van der Waals surface area contributed by atoms with Crippen molar-refractivity contribution in [2.75, 3.05) is 27.3 Å². The molecule has 0 aromatic heterocycles. The van der Waals surface area contributed by atoms with E-state index in [9.17, 15) is 4.79 Å². The Labute approximate surface area is 91.5 Å². The monoisotopic (exact) mass is 215 g/mol. The lowest BCUT2D eigenvalue weighted by Gasteiger charge is -2.21. The molecule has 1 atom stereocenters. The van der Waals surface area contributed by atoms with Gasteiger partial charge in [-0.1, -0.05) is 13.0 Å². The number of nitrogens with zero attached hydrogens (tertiary/aromatic N) is 1. The van der Waals surface area contributed by atoms with E-state index in [0.717, 1.165) is 0 Å². The molecule has 4 heteroatoms. The number of esters is 1. The van der Waals surface area contributed by atoms with Gasteiger partial charge in [0, 0.05) is 18.2 Å². The van der Waals surface area contributed by atoms with Crippen LogP contribution in [-0.4, -0.2) is 49.3 Å². The largest absolute Gasteiger partial charge is 0.466 e. The lowest BCUT2D eigenvalue weighted by Crippen LogP contribution is -2.32. The lowest BCUT2D eigenvalue weighted by molar-refractivity contribution is -0.136. The SMILES string of the molecule is CCC(=CCN(C)C(C)CO)C(=O)OC. The molecule has 0 bridgehead atoms. The maximum absolute atomic E-state index is 11.2. The standard InChI is InChI=1S/C11H21NO3/c1-5-10(11(14)15-4)6-7-12(3)9(2)8-13/h6,9,13H,5,7-8H2,1-4H3. The summed E-state index contributed by atoms with van der Waals surface area (Å²) in [6, 6.07) is 0.0944. The molecule has 0 heterocycles. The zero-order valence-corrected chi connectivity index (χ0v) is 9.99. The Balaban J connectivity index is 4.28. The van der Waals surface area contributed by atoms with E-state index >= 15 is 0 Å². The van der Waals surface area contributed by atoms with E-state index in [0.29, 0.717) is 18.5 Å². The third-order valence-electron chi connectivity index (χ3n) is 2.47. The van der Waals surface area contributed by atoms with Crippen LogP contribution in [0.4, 0.5) is 0 Å². The summed E-state index contributed by atoms with van der Waals surface area (Å²) in [5, 5.41) is 8.93. The Morgan fingerprint density at radius 1 is 1.60 bits per heavy atom. The Hall–Kier alpha value is -0.870. The molecule has 0 aliphatic rings. The van der Waals surface area contributed by atoms with Crippen LogP contribution in [0.25, 0.3) is 0 Å². The first-order valence-corrected chi connectivity index (χ1v) is 5.15. The van der Waals surface area contributed by atoms with Crippen molar-refractivity contribution in [3.63, 3.8) is 0 Å². The zero-order valence-electron chi connectivity index (χ0n) is 9.99. The van der Waals surface area contributed by atoms with Crippen molar-refractivity contribution in [3.05, 3.63) is 11.6 Å². The Morgan fingerprint density at radius 3 is 2.60 bits per heavy atom. The van der Waals surface area contributed by atoms with E-state index in [2.05, 4.69) is 4.74 Å². The van der Waals surface area contributed by atoms with Gasteiger partial charge in [0.15, 0.2) is 0 Å². The summed E-state index contributed by atoms with van der Waals surface area (Å²) in [6.45, 7) is 4.60. The third kappa shape index (κ3) is 4.95. The quantitative estimate of drug-likeness (QED) is 0.526. The minimum absolute atomic E-state index is 0.0944. The molecule has 0 saturated heterocycles. The van der Waals surface area contributed by atoms with Crippen LogP contribution < -0.4 is 0 Å². The molecule has 15 heavy (non-hydrogen) atoms. The summed E-state index contributed by atoms with van der Waals surface area (Å²) in [5.74, 6) is -0.275. The highest BCUT2D eigenvalue weighted by atomic mass is 16.5. The third-order valence-corrected chi connectivity index (χ3v) is 2.47. The number of aliphatic hydroxyl groups is 1. The van der Waals surface area contributed by atoms with Crippen molar-refractivity contribution in [3.8, 4) is 0 Å². The van der Waals surface area contributed by atoms with E-state index in [1.54, 1.807) is 0 Å². The highest BCUT2D eigenvalue weighted by Gasteiger charge is 2.09. The molecular formula is C11H21NO3. The first-order chi connectivity index (χ1) is 7.06. The number of likely N-dealkylation sites (N-methyl/N-ethyl adjacent to an activating group) is 1. The minimum atomic E-state index is -0.275. The average Bonchev–Trinajstić information content (AvgIpc) is 2.27. The summed E-state index contributed by atoms with van der Waals surface area (Å²) in [6.07, 6.45) is 2.51. The van der Waals surface area contributed by atoms with Gasteiger partial charge in [-0.25, -0.2) is 4.79 Å². The molecule has 4 nitrogen and oxygen atoms in total. The minimum Gasteiger partial charge on any atom is -0.466 e. The van der Waals surface area contributed by atoms with E-state index in [1.807, 2.05) is 31.9 Å². The van der Waals surface area contributed by atoms with Gasteiger partial charge in [-0.05, 0) is 20.4 Å². The van der Waals surface area contributed by atoms with Crippen LogP contribution in [-0.2, 0) is 9.53 Å². The maximum atomic E-state index is 11.2. The van der Waals surface area contributed by atoms with Gasteiger partial charge in [-0.15, -0.1) is 0 Å². The lowest BCUT2D eigenvalue weighted by atomic mass is 10.2. The van der Waals surface area contributed by atoms with Crippen molar-refractivity contribution >= 4 is 5.97 Å². The number of aliphatic hydroxyl groups excluding tert-OH is 1. The number of carbonyl (C=O) groups is 1. The molecular weight excluding hydrogens is 194 g/mol. The van der Waals surface area contributed by atoms with E-state index in [1.165, 1.54) is 7.11 Å². The van der Waals surface area contributed by atoms with Gasteiger partial charge >= 0.3 is 5.97 Å². The highest BCUT2D eigenvalue weighted by molar-refractivity contribution is 5.88. The van der Waals surface area contributed by atoms with Gasteiger partial charge in [0.2, 0.25) is 0 Å². The second kappa shape index (κ2) is 7.43. The summed E-state index contributed by atoms with van der Waals surface area (Å²) >= 11 is 0. The molecule has 0 aliphatic heterocycles. The fourth-order valence-electron chi connectivity index (χ4n) is 1.08. The van der Waals surface area contributed by atoms with Crippen LogP contribution in [0, 0.1) is 0 Å².